The van der Waals surface area contributed by atoms with Crippen LogP contribution in [0.4, 0.5) is 0 Å². The summed E-state index contributed by atoms with van der Waals surface area (Å²) in [5, 5.41) is 23.4. The summed E-state index contributed by atoms with van der Waals surface area (Å²) in [6, 6.07) is -0.540. The number of unbranched alkanes of at least 4 members (excludes halogenated alkanes) is 54. The van der Waals surface area contributed by atoms with Crippen LogP contribution < -0.4 is 5.32 Å². The molecule has 0 aliphatic carbocycles. The highest BCUT2D eigenvalue weighted by molar-refractivity contribution is 5.76. The topological polar surface area (TPSA) is 95.9 Å². The molecular weight excluding hydrogens is 947 g/mol. The van der Waals surface area contributed by atoms with Crippen molar-refractivity contribution in [1.29, 1.82) is 0 Å². The number of aliphatic hydroxyl groups is 2. The SMILES string of the molecule is CCCCCCCCC/C=C\CCCCCCCC(=O)OCCCCCCCCCCCCCCCCCCCCCCCCCCCCC(=O)NC(CO)C(O)CCCCCCCCCCCCCCCCCCCC. The smallest absolute Gasteiger partial charge is 0.305 e. The van der Waals surface area contributed by atoms with E-state index < -0.39 is 12.1 Å². The van der Waals surface area contributed by atoms with Gasteiger partial charge in [0.15, 0.2) is 0 Å². The summed E-state index contributed by atoms with van der Waals surface area (Å²) in [7, 11) is 0. The lowest BCUT2D eigenvalue weighted by Gasteiger charge is -2.22. The fraction of sp³-hybridized carbons (Fsp3) is 0.944. The number of carbonyl (C=O) groups is 2. The molecule has 0 aromatic heterocycles. The van der Waals surface area contributed by atoms with Crippen LogP contribution in [0.15, 0.2) is 12.2 Å². The Morgan fingerprint density at radius 3 is 0.922 bits per heavy atom. The molecule has 458 valence electrons. The van der Waals surface area contributed by atoms with Crippen molar-refractivity contribution in [3.05, 3.63) is 12.2 Å². The molecule has 77 heavy (non-hydrogen) atoms. The Morgan fingerprint density at radius 1 is 0.351 bits per heavy atom. The normalized spacial score (nSPS) is 12.5. The molecule has 0 aliphatic heterocycles. The predicted octanol–water partition coefficient (Wildman–Crippen LogP) is 22.8. The summed E-state index contributed by atoms with van der Waals surface area (Å²) in [6.45, 7) is 4.99. The minimum atomic E-state index is -0.663. The standard InChI is InChI=1S/C71H139NO5/c1-3-5-7-9-11-13-15-17-19-21-32-35-39-43-47-51-55-59-63-69(74)68(67-73)72-70(75)64-60-56-52-48-44-40-36-33-30-28-26-24-22-23-25-27-29-31-34-38-42-46-50-54-58-62-66-77-71(76)65-61-57-53-49-45-41-37-20-18-16-14-12-10-8-6-4-2/h20,37,68-69,73-74H,3-19,21-36,38-67H2,1-2H3,(H,72,75)/b37-20-. The highest BCUT2D eigenvalue weighted by Gasteiger charge is 2.20. The number of hydrogen-bond donors (Lipinski definition) is 3. The molecule has 0 rings (SSSR count). The third-order valence-corrected chi connectivity index (χ3v) is 16.8. The van der Waals surface area contributed by atoms with E-state index >= 15 is 0 Å². The van der Waals surface area contributed by atoms with Gasteiger partial charge in [0, 0.05) is 12.8 Å². The lowest BCUT2D eigenvalue weighted by atomic mass is 10.0. The molecule has 0 aromatic carbocycles. The molecule has 0 saturated carbocycles. The van der Waals surface area contributed by atoms with Crippen LogP contribution in [0.1, 0.15) is 406 Å². The van der Waals surface area contributed by atoms with Gasteiger partial charge in [-0.25, -0.2) is 0 Å². The van der Waals surface area contributed by atoms with Crippen LogP contribution in [0.25, 0.3) is 0 Å². The molecule has 6 nitrogen and oxygen atoms in total. The van der Waals surface area contributed by atoms with Gasteiger partial charge < -0.3 is 20.3 Å². The number of hydrogen-bond acceptors (Lipinski definition) is 5. The number of allylic oxidation sites excluding steroid dienone is 2. The number of esters is 1. The fourth-order valence-electron chi connectivity index (χ4n) is 11.4. The van der Waals surface area contributed by atoms with Gasteiger partial charge >= 0.3 is 5.97 Å². The molecule has 3 N–H and O–H groups in total. The number of ether oxygens (including phenoxy) is 1. The Labute approximate surface area is 482 Å². The molecular formula is C71H139NO5. The Balaban J connectivity index is 3.34. The minimum absolute atomic E-state index is 0.0110. The van der Waals surface area contributed by atoms with E-state index in [1.807, 2.05) is 0 Å². The molecule has 0 fully saturated rings. The molecule has 0 saturated heterocycles. The summed E-state index contributed by atoms with van der Waals surface area (Å²) in [6.07, 6.45) is 82.6. The van der Waals surface area contributed by atoms with E-state index in [-0.39, 0.29) is 18.5 Å². The van der Waals surface area contributed by atoms with Crippen LogP contribution in [0, 0.1) is 0 Å². The van der Waals surface area contributed by atoms with Gasteiger partial charge in [-0.15, -0.1) is 0 Å². The number of carbonyl (C=O) groups excluding carboxylic acids is 2. The first-order valence-corrected chi connectivity index (χ1v) is 35.4. The first-order valence-electron chi connectivity index (χ1n) is 35.4. The van der Waals surface area contributed by atoms with Crippen molar-refractivity contribution in [2.45, 2.75) is 418 Å². The van der Waals surface area contributed by atoms with Gasteiger partial charge in [-0.2, -0.15) is 0 Å². The number of nitrogens with one attached hydrogen (secondary N) is 1. The third-order valence-electron chi connectivity index (χ3n) is 16.8. The molecule has 0 aliphatic rings. The van der Waals surface area contributed by atoms with Crippen molar-refractivity contribution in [2.75, 3.05) is 13.2 Å². The Kier molecular flexibility index (Phi) is 65.9. The van der Waals surface area contributed by atoms with Crippen molar-refractivity contribution in [3.8, 4) is 0 Å². The van der Waals surface area contributed by atoms with Crippen molar-refractivity contribution in [2.24, 2.45) is 0 Å². The summed E-state index contributed by atoms with van der Waals surface area (Å²) in [5.41, 5.74) is 0. The third kappa shape index (κ3) is 63.6. The summed E-state index contributed by atoms with van der Waals surface area (Å²) < 4.78 is 5.50. The number of amides is 1. The molecule has 0 spiro atoms. The van der Waals surface area contributed by atoms with E-state index in [0.717, 1.165) is 44.9 Å². The van der Waals surface area contributed by atoms with Crippen LogP contribution in [-0.4, -0.2) is 47.4 Å². The highest BCUT2D eigenvalue weighted by Crippen LogP contribution is 2.19. The predicted molar refractivity (Wildman–Crippen MR) is 338 cm³/mol. The van der Waals surface area contributed by atoms with E-state index in [4.69, 9.17) is 4.74 Å². The van der Waals surface area contributed by atoms with Crippen molar-refractivity contribution in [3.63, 3.8) is 0 Å². The molecule has 2 atom stereocenters. The zero-order valence-electron chi connectivity index (χ0n) is 52.5. The second kappa shape index (κ2) is 67.1. The van der Waals surface area contributed by atoms with Gasteiger partial charge in [0.2, 0.25) is 5.91 Å². The maximum atomic E-state index is 12.5. The lowest BCUT2D eigenvalue weighted by molar-refractivity contribution is -0.143. The minimum Gasteiger partial charge on any atom is -0.466 e. The molecule has 1 amide bonds. The maximum absolute atomic E-state index is 12.5. The van der Waals surface area contributed by atoms with Gasteiger partial charge in [-0.1, -0.05) is 353 Å². The summed E-state index contributed by atoms with van der Waals surface area (Å²) >= 11 is 0. The molecule has 2 unspecified atom stereocenters. The maximum Gasteiger partial charge on any atom is 0.305 e. The lowest BCUT2D eigenvalue weighted by Crippen LogP contribution is -2.45. The summed E-state index contributed by atoms with van der Waals surface area (Å²) in [4.78, 5) is 24.6. The molecule has 6 heteroatoms. The van der Waals surface area contributed by atoms with Crippen LogP contribution in [0.3, 0.4) is 0 Å². The van der Waals surface area contributed by atoms with Gasteiger partial charge in [0.25, 0.3) is 0 Å². The van der Waals surface area contributed by atoms with Crippen LogP contribution in [0.5, 0.6) is 0 Å². The molecule has 0 aromatic rings. The average molecular weight is 1090 g/mol. The number of rotatable bonds is 67. The highest BCUT2D eigenvalue weighted by atomic mass is 16.5. The quantitative estimate of drug-likeness (QED) is 0.0320. The van der Waals surface area contributed by atoms with E-state index in [1.54, 1.807) is 0 Å². The second-order valence-electron chi connectivity index (χ2n) is 24.6. The zero-order chi connectivity index (χ0) is 55.7. The van der Waals surface area contributed by atoms with Crippen molar-refractivity contribution >= 4 is 11.9 Å². The van der Waals surface area contributed by atoms with Crippen LogP contribution in [0.2, 0.25) is 0 Å². The molecule has 0 bridgehead atoms. The van der Waals surface area contributed by atoms with Gasteiger partial charge in [0.1, 0.15) is 0 Å². The Morgan fingerprint density at radius 2 is 0.610 bits per heavy atom. The van der Waals surface area contributed by atoms with Gasteiger partial charge in [-0.3, -0.25) is 9.59 Å². The monoisotopic (exact) mass is 1090 g/mol. The van der Waals surface area contributed by atoms with Crippen LogP contribution in [-0.2, 0) is 14.3 Å². The average Bonchev–Trinajstić information content (AvgIpc) is 3.43. The van der Waals surface area contributed by atoms with Crippen LogP contribution >= 0.6 is 0 Å². The Bertz CT molecular complexity index is 1160. The Hall–Kier alpha value is -1.40. The van der Waals surface area contributed by atoms with E-state index in [2.05, 4.69) is 31.3 Å². The van der Waals surface area contributed by atoms with E-state index in [1.165, 1.54) is 327 Å². The molecule has 0 heterocycles. The van der Waals surface area contributed by atoms with E-state index in [9.17, 15) is 19.8 Å². The van der Waals surface area contributed by atoms with Crippen molar-refractivity contribution < 1.29 is 24.5 Å². The first-order chi connectivity index (χ1) is 38.0. The zero-order valence-corrected chi connectivity index (χ0v) is 52.5. The van der Waals surface area contributed by atoms with E-state index in [0.29, 0.717) is 25.9 Å². The fourth-order valence-corrected chi connectivity index (χ4v) is 11.4. The van der Waals surface area contributed by atoms with Gasteiger partial charge in [0.05, 0.1) is 25.4 Å². The van der Waals surface area contributed by atoms with Crippen molar-refractivity contribution in [1.82, 2.24) is 5.32 Å². The number of aliphatic hydroxyl groups excluding tert-OH is 2. The first kappa shape index (κ1) is 75.6. The van der Waals surface area contributed by atoms with Gasteiger partial charge in [-0.05, 0) is 51.4 Å². The molecule has 0 radical (unpaired) electrons. The second-order valence-corrected chi connectivity index (χ2v) is 24.6. The largest absolute Gasteiger partial charge is 0.466 e. The summed E-state index contributed by atoms with van der Waals surface area (Å²) in [5.74, 6) is -0.0175.